The lowest BCUT2D eigenvalue weighted by molar-refractivity contribution is 0.628. The molecule has 2 heteroatoms. The Labute approximate surface area is 82.2 Å². The van der Waals surface area contributed by atoms with E-state index < -0.39 is 0 Å². The zero-order chi connectivity index (χ0) is 9.97. The van der Waals surface area contributed by atoms with Crippen molar-refractivity contribution in [3.05, 3.63) is 54.1 Å². The van der Waals surface area contributed by atoms with E-state index in [4.69, 9.17) is 0 Å². The molecular formula is C12H10FN. The van der Waals surface area contributed by atoms with Gasteiger partial charge < -0.3 is 0 Å². The molecule has 2 rings (SSSR count). The van der Waals surface area contributed by atoms with Crippen LogP contribution in [0.25, 0.3) is 11.1 Å². The normalized spacial score (nSPS) is 10.1. The van der Waals surface area contributed by atoms with Crippen molar-refractivity contribution >= 4 is 0 Å². The quantitative estimate of drug-likeness (QED) is 0.668. The molecule has 0 fully saturated rings. The van der Waals surface area contributed by atoms with Gasteiger partial charge in [-0.25, -0.2) is 4.39 Å². The lowest BCUT2D eigenvalue weighted by atomic mass is 10.0. The summed E-state index contributed by atoms with van der Waals surface area (Å²) in [4.78, 5) is 4.03. The van der Waals surface area contributed by atoms with E-state index in [2.05, 4.69) is 4.98 Å². The van der Waals surface area contributed by atoms with Gasteiger partial charge in [-0.15, -0.1) is 0 Å². The summed E-state index contributed by atoms with van der Waals surface area (Å²) in [6.45, 7) is 1.99. The number of hydrogen-bond donors (Lipinski definition) is 0. The molecule has 0 spiro atoms. The maximum atomic E-state index is 13.0. The first-order chi connectivity index (χ1) is 6.77. The van der Waals surface area contributed by atoms with Crippen LogP contribution in [0.2, 0.25) is 0 Å². The number of halogens is 1. The second-order valence-corrected chi connectivity index (χ2v) is 3.20. The van der Waals surface area contributed by atoms with Crippen molar-refractivity contribution in [2.45, 2.75) is 6.92 Å². The molecule has 0 unspecified atom stereocenters. The largest absolute Gasteiger partial charge is 0.264 e. The summed E-state index contributed by atoms with van der Waals surface area (Å²) in [7, 11) is 0. The van der Waals surface area contributed by atoms with Gasteiger partial charge >= 0.3 is 0 Å². The van der Waals surface area contributed by atoms with E-state index in [-0.39, 0.29) is 5.82 Å². The maximum Gasteiger partial charge on any atom is 0.123 e. The second-order valence-electron chi connectivity index (χ2n) is 3.20. The standard InChI is InChI=1S/C12H10FN/c1-9-5-6-14-8-12(9)10-3-2-4-11(13)7-10/h2-8H,1H3. The fourth-order valence-corrected chi connectivity index (χ4v) is 1.42. The van der Waals surface area contributed by atoms with E-state index in [1.807, 2.05) is 19.1 Å². The Balaban J connectivity index is 2.55. The average Bonchev–Trinajstić information content (AvgIpc) is 2.18. The van der Waals surface area contributed by atoms with E-state index in [0.29, 0.717) is 0 Å². The molecule has 14 heavy (non-hydrogen) atoms. The van der Waals surface area contributed by atoms with E-state index in [1.165, 1.54) is 12.1 Å². The molecule has 0 bridgehead atoms. The molecule has 1 heterocycles. The molecule has 0 atom stereocenters. The van der Waals surface area contributed by atoms with Gasteiger partial charge in [-0.2, -0.15) is 0 Å². The van der Waals surface area contributed by atoms with Crippen LogP contribution in [0.4, 0.5) is 4.39 Å². The van der Waals surface area contributed by atoms with Crippen LogP contribution in [-0.2, 0) is 0 Å². The van der Waals surface area contributed by atoms with Gasteiger partial charge in [-0.05, 0) is 36.2 Å². The van der Waals surface area contributed by atoms with Crippen LogP contribution in [0.1, 0.15) is 5.56 Å². The molecule has 0 aliphatic carbocycles. The van der Waals surface area contributed by atoms with Crippen molar-refractivity contribution in [3.63, 3.8) is 0 Å². The molecule has 0 saturated carbocycles. The van der Waals surface area contributed by atoms with E-state index >= 15 is 0 Å². The van der Waals surface area contributed by atoms with Gasteiger partial charge in [0.05, 0.1) is 0 Å². The van der Waals surface area contributed by atoms with Crippen molar-refractivity contribution < 1.29 is 4.39 Å². The Kier molecular flexibility index (Phi) is 2.27. The first-order valence-corrected chi connectivity index (χ1v) is 4.44. The zero-order valence-corrected chi connectivity index (χ0v) is 7.87. The van der Waals surface area contributed by atoms with Crippen LogP contribution < -0.4 is 0 Å². The van der Waals surface area contributed by atoms with Crippen LogP contribution in [-0.4, -0.2) is 4.98 Å². The van der Waals surface area contributed by atoms with Gasteiger partial charge in [0.15, 0.2) is 0 Å². The van der Waals surface area contributed by atoms with Crippen LogP contribution in [0, 0.1) is 12.7 Å². The maximum absolute atomic E-state index is 13.0. The summed E-state index contributed by atoms with van der Waals surface area (Å²) in [5.74, 6) is -0.217. The first kappa shape index (κ1) is 8.88. The lowest BCUT2D eigenvalue weighted by Crippen LogP contribution is -1.85. The molecule has 0 saturated heterocycles. The van der Waals surface area contributed by atoms with Gasteiger partial charge in [0.1, 0.15) is 5.82 Å². The summed E-state index contributed by atoms with van der Waals surface area (Å²) in [5, 5.41) is 0. The minimum Gasteiger partial charge on any atom is -0.264 e. The molecule has 0 aliphatic heterocycles. The van der Waals surface area contributed by atoms with Crippen LogP contribution in [0.3, 0.4) is 0 Å². The Hall–Kier alpha value is -1.70. The number of benzene rings is 1. The summed E-state index contributed by atoms with van der Waals surface area (Å²) in [6, 6.07) is 8.46. The Morgan fingerprint density at radius 3 is 2.79 bits per heavy atom. The van der Waals surface area contributed by atoms with Gasteiger partial charge in [0, 0.05) is 18.0 Å². The Morgan fingerprint density at radius 2 is 2.07 bits per heavy atom. The highest BCUT2D eigenvalue weighted by Gasteiger charge is 2.01. The highest BCUT2D eigenvalue weighted by Crippen LogP contribution is 2.22. The monoisotopic (exact) mass is 187 g/mol. The molecular weight excluding hydrogens is 177 g/mol. The highest BCUT2D eigenvalue weighted by atomic mass is 19.1. The summed E-state index contributed by atoms with van der Waals surface area (Å²) >= 11 is 0. The molecule has 70 valence electrons. The molecule has 2 aromatic rings. The lowest BCUT2D eigenvalue weighted by Gasteiger charge is -2.04. The molecule has 1 nitrogen and oxygen atoms in total. The van der Waals surface area contributed by atoms with Gasteiger partial charge in [-0.3, -0.25) is 4.98 Å². The number of aryl methyl sites for hydroxylation is 1. The van der Waals surface area contributed by atoms with Gasteiger partial charge in [0.25, 0.3) is 0 Å². The topological polar surface area (TPSA) is 12.9 Å². The van der Waals surface area contributed by atoms with Gasteiger partial charge in [0.2, 0.25) is 0 Å². The van der Waals surface area contributed by atoms with Crippen molar-refractivity contribution in [1.29, 1.82) is 0 Å². The van der Waals surface area contributed by atoms with E-state index in [0.717, 1.165) is 16.7 Å². The highest BCUT2D eigenvalue weighted by molar-refractivity contribution is 5.65. The number of aromatic nitrogens is 1. The van der Waals surface area contributed by atoms with Crippen LogP contribution >= 0.6 is 0 Å². The number of pyridine rings is 1. The molecule has 0 aliphatic rings. The van der Waals surface area contributed by atoms with Crippen molar-refractivity contribution in [2.24, 2.45) is 0 Å². The van der Waals surface area contributed by atoms with Gasteiger partial charge in [-0.1, -0.05) is 12.1 Å². The molecule has 0 radical (unpaired) electrons. The molecule has 1 aromatic carbocycles. The number of nitrogens with zero attached hydrogens (tertiary/aromatic N) is 1. The summed E-state index contributed by atoms with van der Waals surface area (Å²) < 4.78 is 13.0. The van der Waals surface area contributed by atoms with Crippen molar-refractivity contribution in [3.8, 4) is 11.1 Å². The fourth-order valence-electron chi connectivity index (χ4n) is 1.42. The first-order valence-electron chi connectivity index (χ1n) is 4.44. The molecule has 0 amide bonds. The predicted octanol–water partition coefficient (Wildman–Crippen LogP) is 3.20. The third-order valence-electron chi connectivity index (χ3n) is 2.17. The molecule has 0 N–H and O–H groups in total. The minimum atomic E-state index is -0.217. The third kappa shape index (κ3) is 1.64. The minimum absolute atomic E-state index is 0.217. The number of rotatable bonds is 1. The summed E-state index contributed by atoms with van der Waals surface area (Å²) in [6.07, 6.45) is 3.49. The van der Waals surface area contributed by atoms with Crippen molar-refractivity contribution in [2.75, 3.05) is 0 Å². The Morgan fingerprint density at radius 1 is 1.21 bits per heavy atom. The van der Waals surface area contributed by atoms with E-state index in [1.54, 1.807) is 18.5 Å². The van der Waals surface area contributed by atoms with Crippen molar-refractivity contribution in [1.82, 2.24) is 4.98 Å². The SMILES string of the molecule is Cc1ccncc1-c1cccc(F)c1. The van der Waals surface area contributed by atoms with Crippen LogP contribution in [0.15, 0.2) is 42.7 Å². The van der Waals surface area contributed by atoms with Crippen LogP contribution in [0.5, 0.6) is 0 Å². The average molecular weight is 187 g/mol. The second kappa shape index (κ2) is 3.58. The fraction of sp³-hybridized carbons (Fsp3) is 0.0833. The summed E-state index contributed by atoms with van der Waals surface area (Å²) in [5.41, 5.74) is 2.95. The smallest absolute Gasteiger partial charge is 0.123 e. The Bertz CT molecular complexity index is 452. The predicted molar refractivity (Wildman–Crippen MR) is 54.4 cm³/mol. The molecule has 1 aromatic heterocycles. The third-order valence-corrected chi connectivity index (χ3v) is 2.17. The zero-order valence-electron chi connectivity index (χ0n) is 7.87. The van der Waals surface area contributed by atoms with E-state index in [9.17, 15) is 4.39 Å². The number of hydrogen-bond acceptors (Lipinski definition) is 1.